The van der Waals surface area contributed by atoms with Crippen LogP contribution in [0.4, 0.5) is 10.5 Å². The van der Waals surface area contributed by atoms with Crippen LogP contribution in [0.25, 0.3) is 22.2 Å². The summed E-state index contributed by atoms with van der Waals surface area (Å²) in [5.41, 5.74) is 4.51. The third-order valence-electron chi connectivity index (χ3n) is 6.88. The predicted molar refractivity (Wildman–Crippen MR) is 142 cm³/mol. The highest BCUT2D eigenvalue weighted by Crippen LogP contribution is 2.43. The van der Waals surface area contributed by atoms with Gasteiger partial charge in [0, 0.05) is 41.9 Å². The van der Waals surface area contributed by atoms with Gasteiger partial charge in [0.1, 0.15) is 11.9 Å². The molecule has 37 heavy (non-hydrogen) atoms. The SMILES string of the molecule is CC(C)OC(=O)Nc1ccc(-c2c(C#CC#N)c3ccc(OC4CCOCC4)cc3n2C2CCC2)cc1. The first kappa shape index (κ1) is 24.7. The average Bonchev–Trinajstić information content (AvgIpc) is 3.15. The highest BCUT2D eigenvalue weighted by molar-refractivity contribution is 5.96. The molecule has 5 rings (SSSR count). The summed E-state index contributed by atoms with van der Waals surface area (Å²) in [4.78, 5) is 12.0. The molecule has 0 atom stereocenters. The second kappa shape index (κ2) is 11.0. The Hall–Kier alpha value is -3.94. The number of carbonyl (C=O) groups excluding carboxylic acids is 1. The van der Waals surface area contributed by atoms with Gasteiger partial charge in [0.15, 0.2) is 6.07 Å². The quantitative estimate of drug-likeness (QED) is 0.397. The first-order valence-electron chi connectivity index (χ1n) is 12.9. The molecule has 0 radical (unpaired) electrons. The lowest BCUT2D eigenvalue weighted by Crippen LogP contribution is -2.25. The van der Waals surface area contributed by atoms with E-state index in [2.05, 4.69) is 33.9 Å². The molecule has 0 unspecified atom stereocenters. The predicted octanol–water partition coefficient (Wildman–Crippen LogP) is 6.42. The lowest BCUT2D eigenvalue weighted by Gasteiger charge is -2.30. The number of hydrogen-bond acceptors (Lipinski definition) is 5. The normalized spacial score (nSPS) is 15.9. The summed E-state index contributed by atoms with van der Waals surface area (Å²) in [6.07, 6.45) is 4.61. The van der Waals surface area contributed by atoms with Gasteiger partial charge >= 0.3 is 6.09 Å². The number of ether oxygens (including phenoxy) is 3. The van der Waals surface area contributed by atoms with Crippen LogP contribution in [0, 0.1) is 23.2 Å². The van der Waals surface area contributed by atoms with E-state index in [1.807, 2.05) is 50.2 Å². The van der Waals surface area contributed by atoms with Gasteiger partial charge in [-0.2, -0.15) is 5.26 Å². The zero-order chi connectivity index (χ0) is 25.8. The van der Waals surface area contributed by atoms with E-state index >= 15 is 0 Å². The summed E-state index contributed by atoms with van der Waals surface area (Å²) in [6.45, 7) is 5.07. The molecule has 1 aromatic heterocycles. The Labute approximate surface area is 217 Å². The van der Waals surface area contributed by atoms with Crippen molar-refractivity contribution in [3.8, 4) is 34.9 Å². The Morgan fingerprint density at radius 3 is 2.51 bits per heavy atom. The fourth-order valence-electron chi connectivity index (χ4n) is 4.95. The lowest BCUT2D eigenvalue weighted by atomic mass is 9.92. The molecule has 1 saturated heterocycles. The molecule has 1 aliphatic heterocycles. The maximum absolute atomic E-state index is 12.0. The molecule has 7 heteroatoms. The van der Waals surface area contributed by atoms with Crippen LogP contribution in [-0.2, 0) is 9.47 Å². The van der Waals surface area contributed by atoms with Crippen LogP contribution in [0.2, 0.25) is 0 Å². The largest absolute Gasteiger partial charge is 0.490 e. The third-order valence-corrected chi connectivity index (χ3v) is 6.88. The molecule has 0 bridgehead atoms. The molecule has 1 amide bonds. The molecule has 2 aromatic carbocycles. The van der Waals surface area contributed by atoms with Gasteiger partial charge in [0.2, 0.25) is 0 Å². The van der Waals surface area contributed by atoms with E-state index in [0.717, 1.165) is 72.4 Å². The molecule has 1 saturated carbocycles. The van der Waals surface area contributed by atoms with Crippen LogP contribution in [0.1, 0.15) is 57.6 Å². The van der Waals surface area contributed by atoms with E-state index in [4.69, 9.17) is 14.2 Å². The molecule has 2 fully saturated rings. The zero-order valence-electron chi connectivity index (χ0n) is 21.3. The van der Waals surface area contributed by atoms with Gasteiger partial charge in [-0.1, -0.05) is 12.1 Å². The number of carbonyl (C=O) groups is 1. The number of nitrogens with zero attached hydrogens (tertiary/aromatic N) is 2. The van der Waals surface area contributed by atoms with Crippen LogP contribution in [0.5, 0.6) is 5.75 Å². The molecule has 2 aliphatic rings. The summed E-state index contributed by atoms with van der Waals surface area (Å²) < 4.78 is 19.4. The molecular formula is C30H31N3O4. The average molecular weight is 498 g/mol. The van der Waals surface area contributed by atoms with Crippen LogP contribution < -0.4 is 10.1 Å². The number of nitriles is 1. The molecule has 7 nitrogen and oxygen atoms in total. The number of anilines is 1. The molecule has 1 aliphatic carbocycles. The second-order valence-corrected chi connectivity index (χ2v) is 9.81. The Morgan fingerprint density at radius 1 is 1.11 bits per heavy atom. The second-order valence-electron chi connectivity index (χ2n) is 9.81. The van der Waals surface area contributed by atoms with Crippen LogP contribution in [0.3, 0.4) is 0 Å². The topological polar surface area (TPSA) is 85.5 Å². The molecular weight excluding hydrogens is 466 g/mol. The van der Waals surface area contributed by atoms with E-state index < -0.39 is 6.09 Å². The van der Waals surface area contributed by atoms with Crippen molar-refractivity contribution < 1.29 is 19.0 Å². The molecule has 190 valence electrons. The number of aromatic nitrogens is 1. The Bertz CT molecular complexity index is 1380. The smallest absolute Gasteiger partial charge is 0.411 e. The summed E-state index contributed by atoms with van der Waals surface area (Å²) in [7, 11) is 0. The van der Waals surface area contributed by atoms with Crippen LogP contribution in [-0.4, -0.2) is 36.1 Å². The van der Waals surface area contributed by atoms with Gasteiger partial charge in [-0.05, 0) is 68.9 Å². The third kappa shape index (κ3) is 5.43. The van der Waals surface area contributed by atoms with Crippen molar-refractivity contribution in [2.45, 2.75) is 64.2 Å². The molecule has 3 aromatic rings. The number of fused-ring (bicyclic) bond motifs is 1. The summed E-state index contributed by atoms with van der Waals surface area (Å²) >= 11 is 0. The Balaban J connectivity index is 1.56. The van der Waals surface area contributed by atoms with Crippen molar-refractivity contribution in [2.75, 3.05) is 18.5 Å². The first-order chi connectivity index (χ1) is 18.0. The number of hydrogen-bond donors (Lipinski definition) is 1. The molecule has 0 spiro atoms. The monoisotopic (exact) mass is 497 g/mol. The number of nitrogens with one attached hydrogen (secondary N) is 1. The van der Waals surface area contributed by atoms with Crippen molar-refractivity contribution in [3.63, 3.8) is 0 Å². The van der Waals surface area contributed by atoms with Gasteiger partial charge in [0.25, 0.3) is 0 Å². The van der Waals surface area contributed by atoms with Gasteiger partial charge in [-0.25, -0.2) is 4.79 Å². The van der Waals surface area contributed by atoms with Crippen molar-refractivity contribution in [1.82, 2.24) is 4.57 Å². The van der Waals surface area contributed by atoms with Crippen molar-refractivity contribution in [2.24, 2.45) is 0 Å². The number of benzene rings is 2. The minimum Gasteiger partial charge on any atom is -0.490 e. The summed E-state index contributed by atoms with van der Waals surface area (Å²) in [5.74, 6) is 6.57. The van der Waals surface area contributed by atoms with E-state index in [0.29, 0.717) is 11.7 Å². The minimum atomic E-state index is -0.482. The minimum absolute atomic E-state index is 0.151. The van der Waals surface area contributed by atoms with E-state index in [1.54, 1.807) is 0 Å². The highest BCUT2D eigenvalue weighted by Gasteiger charge is 2.28. The first-order valence-corrected chi connectivity index (χ1v) is 12.9. The highest BCUT2D eigenvalue weighted by atomic mass is 16.6. The van der Waals surface area contributed by atoms with Gasteiger partial charge < -0.3 is 18.8 Å². The molecule has 2 heterocycles. The maximum atomic E-state index is 12.0. The molecule has 1 N–H and O–H groups in total. The van der Waals surface area contributed by atoms with E-state index in [9.17, 15) is 10.1 Å². The van der Waals surface area contributed by atoms with Gasteiger partial charge in [-0.15, -0.1) is 0 Å². The maximum Gasteiger partial charge on any atom is 0.411 e. The summed E-state index contributed by atoms with van der Waals surface area (Å²) in [5, 5.41) is 13.0. The van der Waals surface area contributed by atoms with E-state index in [-0.39, 0.29) is 12.2 Å². The van der Waals surface area contributed by atoms with Crippen molar-refractivity contribution in [3.05, 3.63) is 48.0 Å². The fourth-order valence-corrected chi connectivity index (χ4v) is 4.95. The van der Waals surface area contributed by atoms with Crippen molar-refractivity contribution in [1.29, 1.82) is 5.26 Å². The fraction of sp³-hybridized carbons (Fsp3) is 0.400. The standard InChI is InChI=1S/C30H31N3O4/c1-20(2)36-30(34)32-22-10-8-21(9-11-22)29-27(7-4-16-31)26-13-12-25(37-24-14-17-35-18-15-24)19-28(26)33(29)23-5-3-6-23/h8-13,19-20,23-24H,3,5-6,14-15,17-18H2,1-2H3,(H,32,34). The van der Waals surface area contributed by atoms with Gasteiger partial charge in [0.05, 0.1) is 36.1 Å². The number of rotatable bonds is 6. The van der Waals surface area contributed by atoms with E-state index in [1.165, 1.54) is 6.42 Å². The zero-order valence-corrected chi connectivity index (χ0v) is 21.3. The van der Waals surface area contributed by atoms with Crippen LogP contribution in [0.15, 0.2) is 42.5 Å². The Kier molecular flexibility index (Phi) is 7.35. The lowest BCUT2D eigenvalue weighted by molar-refractivity contribution is 0.0256. The van der Waals surface area contributed by atoms with Crippen molar-refractivity contribution >= 4 is 22.7 Å². The Morgan fingerprint density at radius 2 is 1.86 bits per heavy atom. The van der Waals surface area contributed by atoms with Crippen LogP contribution >= 0.6 is 0 Å². The summed E-state index contributed by atoms with van der Waals surface area (Å²) in [6, 6.07) is 16.2. The van der Waals surface area contributed by atoms with Gasteiger partial charge in [-0.3, -0.25) is 5.32 Å². The number of amides is 1.